The number of hydrogen-bond donors (Lipinski definition) is 1. The van der Waals surface area contributed by atoms with Crippen molar-refractivity contribution in [3.8, 4) is 16.9 Å². The van der Waals surface area contributed by atoms with E-state index in [1.807, 2.05) is 48.7 Å². The summed E-state index contributed by atoms with van der Waals surface area (Å²) in [6.45, 7) is 0.294. The average molecular weight is 430 g/mol. The summed E-state index contributed by atoms with van der Waals surface area (Å²) in [6.07, 6.45) is 1.85. The lowest BCUT2D eigenvalue weighted by molar-refractivity contribution is 0.415. The molecule has 0 radical (unpaired) electrons. The quantitative estimate of drug-likeness (QED) is 0.683. The van der Waals surface area contributed by atoms with Crippen LogP contribution in [0, 0.1) is 0 Å². The van der Waals surface area contributed by atoms with Crippen molar-refractivity contribution in [2.24, 2.45) is 17.8 Å². The molecule has 1 unspecified atom stereocenters. The van der Waals surface area contributed by atoms with E-state index in [1.165, 1.54) is 0 Å². The number of fused-ring (bicyclic) bond motifs is 3. The van der Waals surface area contributed by atoms with Crippen LogP contribution >= 0.6 is 24.0 Å². The fourth-order valence-corrected chi connectivity index (χ4v) is 3.66. The van der Waals surface area contributed by atoms with Gasteiger partial charge in [-0.15, -0.1) is 12.4 Å². The first-order valence-electron chi connectivity index (χ1n) is 8.95. The lowest BCUT2D eigenvalue weighted by Crippen LogP contribution is -2.20. The number of methoxy groups -OCH3 is 1. The molecule has 2 aromatic carbocycles. The Morgan fingerprint density at radius 1 is 1.10 bits per heavy atom. The van der Waals surface area contributed by atoms with Crippen LogP contribution in [0.15, 0.2) is 64.5 Å². The number of aliphatic imine (C=N–C) groups is 1. The number of halogens is 2. The predicted molar refractivity (Wildman–Crippen MR) is 120 cm³/mol. The zero-order valence-electron chi connectivity index (χ0n) is 16.1. The zero-order chi connectivity index (χ0) is 19.8. The molecule has 29 heavy (non-hydrogen) atoms. The summed E-state index contributed by atoms with van der Waals surface area (Å²) < 4.78 is 7.03. The lowest BCUT2D eigenvalue weighted by Gasteiger charge is -2.15. The fourth-order valence-electron chi connectivity index (χ4n) is 3.54. The molecule has 1 aromatic heterocycles. The van der Waals surface area contributed by atoms with E-state index in [4.69, 9.17) is 27.1 Å². The molecular formula is C22H21Cl2N3O2. The molecule has 1 aliphatic rings. The van der Waals surface area contributed by atoms with Gasteiger partial charge in [0.1, 0.15) is 5.75 Å². The van der Waals surface area contributed by atoms with Gasteiger partial charge in [-0.1, -0.05) is 23.7 Å². The molecule has 0 aliphatic carbocycles. The third-order valence-corrected chi connectivity index (χ3v) is 5.27. The number of ether oxygens (including phenoxy) is 1. The Morgan fingerprint density at radius 2 is 1.83 bits per heavy atom. The van der Waals surface area contributed by atoms with Gasteiger partial charge in [0, 0.05) is 47.6 Å². The summed E-state index contributed by atoms with van der Waals surface area (Å²) in [6, 6.07) is 14.7. The van der Waals surface area contributed by atoms with Crippen molar-refractivity contribution in [2.75, 3.05) is 13.7 Å². The first-order chi connectivity index (χ1) is 13.5. The van der Waals surface area contributed by atoms with Gasteiger partial charge in [0.15, 0.2) is 0 Å². The highest BCUT2D eigenvalue weighted by Gasteiger charge is 2.25. The molecule has 0 bridgehead atoms. The summed E-state index contributed by atoms with van der Waals surface area (Å²) >= 11 is 6.08. The predicted octanol–water partition coefficient (Wildman–Crippen LogP) is 3.99. The first kappa shape index (κ1) is 21.1. The topological polar surface area (TPSA) is 69.6 Å². The largest absolute Gasteiger partial charge is 0.497 e. The third kappa shape index (κ3) is 3.81. The molecule has 0 amide bonds. The molecule has 2 heterocycles. The minimum atomic E-state index is -0.326. The number of benzene rings is 2. The summed E-state index contributed by atoms with van der Waals surface area (Å²) in [7, 11) is 3.38. The summed E-state index contributed by atoms with van der Waals surface area (Å²) in [4.78, 5) is 17.3. The van der Waals surface area contributed by atoms with Crippen LogP contribution in [-0.2, 0) is 7.05 Å². The Balaban J connectivity index is 0.00000240. The van der Waals surface area contributed by atoms with Crippen LogP contribution in [0.5, 0.6) is 5.75 Å². The second kappa shape index (κ2) is 8.41. The van der Waals surface area contributed by atoms with Gasteiger partial charge < -0.3 is 15.0 Å². The second-order valence-corrected chi connectivity index (χ2v) is 7.18. The van der Waals surface area contributed by atoms with Crippen molar-refractivity contribution >= 4 is 29.7 Å². The number of nitrogens with two attached hydrogens (primary N) is 1. The van der Waals surface area contributed by atoms with Gasteiger partial charge in [0.25, 0.3) is 5.56 Å². The SMILES string of the molecule is COc1ccc2c(c1)C(c1ccc(Cl)cc1)=NC(CN)c1cc(=O)n(C)cc1-2.Cl. The van der Waals surface area contributed by atoms with E-state index in [9.17, 15) is 4.79 Å². The van der Waals surface area contributed by atoms with E-state index in [0.29, 0.717) is 11.6 Å². The number of hydrogen-bond acceptors (Lipinski definition) is 4. The zero-order valence-corrected chi connectivity index (χ0v) is 17.6. The number of pyridine rings is 1. The molecule has 3 aromatic rings. The molecule has 0 spiro atoms. The Kier molecular flexibility index (Phi) is 6.13. The molecule has 0 fully saturated rings. The van der Waals surface area contributed by atoms with Gasteiger partial charge in [0.05, 0.1) is 18.9 Å². The first-order valence-corrected chi connectivity index (χ1v) is 9.32. The molecule has 7 heteroatoms. The van der Waals surface area contributed by atoms with E-state index in [2.05, 4.69) is 0 Å². The van der Waals surface area contributed by atoms with Crippen LogP contribution in [0.3, 0.4) is 0 Å². The molecular weight excluding hydrogens is 409 g/mol. The van der Waals surface area contributed by atoms with Gasteiger partial charge in [-0.25, -0.2) is 0 Å². The maximum Gasteiger partial charge on any atom is 0.250 e. The maximum atomic E-state index is 12.3. The Bertz CT molecular complexity index is 1140. The monoisotopic (exact) mass is 429 g/mol. The Hall–Kier alpha value is -2.60. The molecule has 0 saturated carbocycles. The molecule has 1 aliphatic heterocycles. The molecule has 2 N–H and O–H groups in total. The number of rotatable bonds is 3. The molecule has 4 rings (SSSR count). The number of aromatic nitrogens is 1. The van der Waals surface area contributed by atoms with E-state index in [0.717, 1.165) is 39.3 Å². The van der Waals surface area contributed by atoms with Crippen molar-refractivity contribution in [3.05, 3.63) is 86.8 Å². The molecule has 1 atom stereocenters. The van der Waals surface area contributed by atoms with Crippen LogP contribution in [0.25, 0.3) is 11.1 Å². The second-order valence-electron chi connectivity index (χ2n) is 6.74. The van der Waals surface area contributed by atoms with Gasteiger partial charge in [-0.2, -0.15) is 0 Å². The van der Waals surface area contributed by atoms with Gasteiger partial charge in [-0.3, -0.25) is 9.79 Å². The van der Waals surface area contributed by atoms with Gasteiger partial charge >= 0.3 is 0 Å². The van der Waals surface area contributed by atoms with E-state index in [1.54, 1.807) is 24.8 Å². The smallest absolute Gasteiger partial charge is 0.250 e. The minimum Gasteiger partial charge on any atom is -0.497 e. The summed E-state index contributed by atoms with van der Waals surface area (Å²) in [5.41, 5.74) is 11.4. The highest BCUT2D eigenvalue weighted by molar-refractivity contribution is 6.30. The van der Waals surface area contributed by atoms with Crippen LogP contribution < -0.4 is 16.0 Å². The van der Waals surface area contributed by atoms with Crippen molar-refractivity contribution in [1.82, 2.24) is 4.57 Å². The highest BCUT2D eigenvalue weighted by Crippen LogP contribution is 2.38. The third-order valence-electron chi connectivity index (χ3n) is 5.02. The van der Waals surface area contributed by atoms with Crippen molar-refractivity contribution in [3.63, 3.8) is 0 Å². The van der Waals surface area contributed by atoms with E-state index < -0.39 is 0 Å². The highest BCUT2D eigenvalue weighted by atomic mass is 35.5. The summed E-state index contributed by atoms with van der Waals surface area (Å²) in [5, 5.41) is 0.658. The summed E-state index contributed by atoms with van der Waals surface area (Å²) in [5.74, 6) is 0.734. The normalized spacial score (nSPS) is 14.8. The van der Waals surface area contributed by atoms with Crippen LogP contribution in [0.4, 0.5) is 0 Å². The maximum absolute atomic E-state index is 12.3. The van der Waals surface area contributed by atoms with Gasteiger partial charge in [0.2, 0.25) is 0 Å². The minimum absolute atomic E-state index is 0. The Morgan fingerprint density at radius 3 is 2.48 bits per heavy atom. The lowest BCUT2D eigenvalue weighted by atomic mass is 9.92. The Labute approximate surface area is 180 Å². The molecule has 5 nitrogen and oxygen atoms in total. The number of aryl methyl sites for hydroxylation is 1. The fraction of sp³-hybridized carbons (Fsp3) is 0.182. The van der Waals surface area contributed by atoms with E-state index in [-0.39, 0.29) is 24.0 Å². The standard InChI is InChI=1S/C22H20ClN3O2.ClH/c1-26-12-19-16-8-7-15(28-2)9-18(16)22(13-3-5-14(23)6-4-13)25-20(11-24)17(19)10-21(26)27;/h3-10,12,20H,11,24H2,1-2H3;1H. The van der Waals surface area contributed by atoms with Crippen LogP contribution in [0.1, 0.15) is 22.7 Å². The van der Waals surface area contributed by atoms with Crippen LogP contribution in [0.2, 0.25) is 5.02 Å². The van der Waals surface area contributed by atoms with Crippen LogP contribution in [-0.4, -0.2) is 23.9 Å². The van der Waals surface area contributed by atoms with Crippen molar-refractivity contribution in [2.45, 2.75) is 6.04 Å². The number of nitrogens with zero attached hydrogens (tertiary/aromatic N) is 2. The van der Waals surface area contributed by atoms with Crippen molar-refractivity contribution < 1.29 is 4.74 Å². The van der Waals surface area contributed by atoms with Crippen molar-refractivity contribution in [1.29, 1.82) is 0 Å². The molecule has 150 valence electrons. The van der Waals surface area contributed by atoms with E-state index >= 15 is 0 Å². The van der Waals surface area contributed by atoms with Gasteiger partial charge in [-0.05, 0) is 41.5 Å². The molecule has 0 saturated heterocycles. The average Bonchev–Trinajstić information content (AvgIpc) is 2.83.